The van der Waals surface area contributed by atoms with Gasteiger partial charge < -0.3 is 10.6 Å². The lowest BCUT2D eigenvalue weighted by Gasteiger charge is -2.08. The molecule has 0 saturated carbocycles. The van der Waals surface area contributed by atoms with Gasteiger partial charge in [-0.25, -0.2) is 4.79 Å². The first kappa shape index (κ1) is 15.1. The number of nitrogens with zero attached hydrogens (tertiary/aromatic N) is 1. The smallest absolute Gasteiger partial charge is 0.308 e. The zero-order valence-corrected chi connectivity index (χ0v) is 12.0. The molecule has 0 atom stereocenters. The minimum absolute atomic E-state index is 0.0505. The molecular formula is C13H9Cl2N3O3. The number of nitrogens with one attached hydrogen (secondary N) is 2. The molecule has 2 amide bonds. The number of anilines is 2. The number of hydrogen-bond acceptors (Lipinski definition) is 3. The van der Waals surface area contributed by atoms with Gasteiger partial charge >= 0.3 is 6.03 Å². The number of non-ortho nitro benzene ring substituents is 1. The van der Waals surface area contributed by atoms with E-state index in [0.717, 1.165) is 0 Å². The number of amides is 2. The Balaban J connectivity index is 2.01. The number of carbonyl (C=O) groups is 1. The fourth-order valence-electron chi connectivity index (χ4n) is 1.53. The van der Waals surface area contributed by atoms with Crippen LogP contribution in [0.3, 0.4) is 0 Å². The molecule has 0 aromatic heterocycles. The van der Waals surface area contributed by atoms with Gasteiger partial charge in [0.2, 0.25) is 0 Å². The van der Waals surface area contributed by atoms with Crippen LogP contribution in [0.15, 0.2) is 42.5 Å². The van der Waals surface area contributed by atoms with Crippen molar-refractivity contribution in [1.82, 2.24) is 0 Å². The van der Waals surface area contributed by atoms with Crippen LogP contribution in [0.4, 0.5) is 21.9 Å². The molecule has 2 rings (SSSR count). The largest absolute Gasteiger partial charge is 0.323 e. The number of nitro groups is 1. The van der Waals surface area contributed by atoms with Crippen molar-refractivity contribution in [3.8, 4) is 0 Å². The van der Waals surface area contributed by atoms with Gasteiger partial charge in [-0.2, -0.15) is 0 Å². The standard InChI is InChI=1S/C13H9Cl2N3O3/c14-11-6-3-9(7-12(11)15)17-13(19)16-8-1-4-10(5-2-8)18(20)21/h1-7H,(H2,16,17,19). The number of carbonyl (C=O) groups excluding carboxylic acids is 1. The summed E-state index contributed by atoms with van der Waals surface area (Å²) in [5.74, 6) is 0. The zero-order chi connectivity index (χ0) is 15.4. The molecule has 0 unspecified atom stereocenters. The average Bonchev–Trinajstić information content (AvgIpc) is 2.43. The van der Waals surface area contributed by atoms with Crippen molar-refractivity contribution in [2.75, 3.05) is 10.6 Å². The monoisotopic (exact) mass is 325 g/mol. The van der Waals surface area contributed by atoms with E-state index in [0.29, 0.717) is 21.4 Å². The molecule has 0 aliphatic carbocycles. The number of rotatable bonds is 3. The summed E-state index contributed by atoms with van der Waals surface area (Å²) < 4.78 is 0. The van der Waals surface area contributed by atoms with Crippen molar-refractivity contribution in [2.45, 2.75) is 0 Å². The number of urea groups is 1. The molecule has 0 saturated heterocycles. The Morgan fingerprint density at radius 3 is 2.10 bits per heavy atom. The molecule has 0 aliphatic heterocycles. The van der Waals surface area contributed by atoms with E-state index in [2.05, 4.69) is 10.6 Å². The highest BCUT2D eigenvalue weighted by molar-refractivity contribution is 6.42. The molecular weight excluding hydrogens is 317 g/mol. The summed E-state index contributed by atoms with van der Waals surface area (Å²) in [7, 11) is 0. The van der Waals surface area contributed by atoms with Crippen molar-refractivity contribution in [3.05, 3.63) is 62.6 Å². The fraction of sp³-hybridized carbons (Fsp3) is 0. The van der Waals surface area contributed by atoms with Gasteiger partial charge in [-0.3, -0.25) is 10.1 Å². The summed E-state index contributed by atoms with van der Waals surface area (Å²) in [4.78, 5) is 21.8. The lowest BCUT2D eigenvalue weighted by molar-refractivity contribution is -0.384. The molecule has 2 aromatic carbocycles. The van der Waals surface area contributed by atoms with Crippen LogP contribution < -0.4 is 10.6 Å². The van der Waals surface area contributed by atoms with Gasteiger partial charge in [-0.05, 0) is 30.3 Å². The maximum atomic E-state index is 11.8. The maximum absolute atomic E-state index is 11.8. The minimum atomic E-state index is -0.514. The Morgan fingerprint density at radius 2 is 1.52 bits per heavy atom. The Kier molecular flexibility index (Phi) is 4.62. The molecule has 2 N–H and O–H groups in total. The predicted molar refractivity (Wildman–Crippen MR) is 82.2 cm³/mol. The Hall–Kier alpha value is -2.31. The highest BCUT2D eigenvalue weighted by atomic mass is 35.5. The molecule has 21 heavy (non-hydrogen) atoms. The van der Waals surface area contributed by atoms with Crippen molar-refractivity contribution in [2.24, 2.45) is 0 Å². The molecule has 6 nitrogen and oxygen atoms in total. The summed E-state index contributed by atoms with van der Waals surface area (Å²) in [5, 5.41) is 16.3. The van der Waals surface area contributed by atoms with E-state index >= 15 is 0 Å². The quantitative estimate of drug-likeness (QED) is 0.641. The third-order valence-electron chi connectivity index (χ3n) is 2.51. The SMILES string of the molecule is O=C(Nc1ccc([N+](=O)[O-])cc1)Nc1ccc(Cl)c(Cl)c1. The zero-order valence-electron chi connectivity index (χ0n) is 10.5. The Labute approximate surface area is 129 Å². The molecule has 0 radical (unpaired) electrons. The van der Waals surface area contributed by atoms with E-state index in [1.807, 2.05) is 0 Å². The lowest BCUT2D eigenvalue weighted by Crippen LogP contribution is -2.19. The van der Waals surface area contributed by atoms with Crippen LogP contribution in [0.5, 0.6) is 0 Å². The average molecular weight is 326 g/mol. The van der Waals surface area contributed by atoms with Crippen molar-refractivity contribution in [1.29, 1.82) is 0 Å². The second-order valence-corrected chi connectivity index (χ2v) is 4.83. The van der Waals surface area contributed by atoms with Gasteiger partial charge in [-0.1, -0.05) is 23.2 Å². The van der Waals surface area contributed by atoms with Crippen LogP contribution in [0.1, 0.15) is 0 Å². The molecule has 108 valence electrons. The van der Waals surface area contributed by atoms with Crippen LogP contribution in [0, 0.1) is 10.1 Å². The number of halogens is 2. The first-order valence-corrected chi connectivity index (χ1v) is 6.49. The molecule has 0 aliphatic rings. The third-order valence-corrected chi connectivity index (χ3v) is 3.25. The minimum Gasteiger partial charge on any atom is -0.308 e. The van der Waals surface area contributed by atoms with E-state index in [1.54, 1.807) is 12.1 Å². The number of nitro benzene ring substituents is 1. The van der Waals surface area contributed by atoms with Gasteiger partial charge in [0.05, 0.1) is 15.0 Å². The van der Waals surface area contributed by atoms with Crippen LogP contribution in [0.25, 0.3) is 0 Å². The molecule has 0 bridgehead atoms. The summed E-state index contributed by atoms with van der Waals surface area (Å²) in [6.07, 6.45) is 0. The Bertz CT molecular complexity index is 690. The first-order valence-electron chi connectivity index (χ1n) is 5.73. The molecule has 8 heteroatoms. The lowest BCUT2D eigenvalue weighted by atomic mass is 10.3. The topological polar surface area (TPSA) is 84.3 Å². The van der Waals surface area contributed by atoms with Crippen LogP contribution in [-0.2, 0) is 0 Å². The first-order chi connectivity index (χ1) is 9.95. The number of hydrogen-bond donors (Lipinski definition) is 2. The van der Waals surface area contributed by atoms with E-state index in [-0.39, 0.29) is 5.69 Å². The van der Waals surface area contributed by atoms with Gasteiger partial charge in [0.15, 0.2) is 0 Å². The number of benzene rings is 2. The highest BCUT2D eigenvalue weighted by Gasteiger charge is 2.07. The molecule has 0 fully saturated rings. The summed E-state index contributed by atoms with van der Waals surface area (Å²) in [6.45, 7) is 0. The van der Waals surface area contributed by atoms with Crippen molar-refractivity contribution >= 4 is 46.3 Å². The summed E-state index contributed by atoms with van der Waals surface area (Å²) in [5.41, 5.74) is 0.854. The predicted octanol–water partition coefficient (Wildman–Crippen LogP) is 4.55. The summed E-state index contributed by atoms with van der Waals surface area (Å²) in [6, 6.07) is 9.65. The van der Waals surface area contributed by atoms with E-state index in [4.69, 9.17) is 23.2 Å². The van der Waals surface area contributed by atoms with E-state index in [9.17, 15) is 14.9 Å². The van der Waals surface area contributed by atoms with Gasteiger partial charge in [0, 0.05) is 23.5 Å². The normalized spacial score (nSPS) is 10.0. The van der Waals surface area contributed by atoms with Crippen molar-refractivity contribution in [3.63, 3.8) is 0 Å². The summed E-state index contributed by atoms with van der Waals surface area (Å²) >= 11 is 11.6. The van der Waals surface area contributed by atoms with Crippen molar-refractivity contribution < 1.29 is 9.72 Å². The van der Waals surface area contributed by atoms with Gasteiger partial charge in [-0.15, -0.1) is 0 Å². The van der Waals surface area contributed by atoms with Gasteiger partial charge in [0.1, 0.15) is 0 Å². The van der Waals surface area contributed by atoms with Crippen LogP contribution in [-0.4, -0.2) is 11.0 Å². The molecule has 0 spiro atoms. The third kappa shape index (κ3) is 4.08. The second-order valence-electron chi connectivity index (χ2n) is 4.01. The van der Waals surface area contributed by atoms with Crippen LogP contribution >= 0.6 is 23.2 Å². The maximum Gasteiger partial charge on any atom is 0.323 e. The van der Waals surface area contributed by atoms with E-state index < -0.39 is 11.0 Å². The molecule has 2 aromatic rings. The fourth-order valence-corrected chi connectivity index (χ4v) is 1.83. The Morgan fingerprint density at radius 1 is 0.952 bits per heavy atom. The highest BCUT2D eigenvalue weighted by Crippen LogP contribution is 2.25. The van der Waals surface area contributed by atoms with Crippen LogP contribution in [0.2, 0.25) is 10.0 Å². The second kappa shape index (κ2) is 6.43. The van der Waals surface area contributed by atoms with Gasteiger partial charge in [0.25, 0.3) is 5.69 Å². The van der Waals surface area contributed by atoms with E-state index in [1.165, 1.54) is 30.3 Å². The molecule has 0 heterocycles.